The Labute approximate surface area is 125 Å². The minimum Gasteiger partial charge on any atom is -0.282 e. The van der Waals surface area contributed by atoms with Gasteiger partial charge in [-0.1, -0.05) is 18.6 Å². The molecule has 0 spiro atoms. The van der Waals surface area contributed by atoms with E-state index in [2.05, 4.69) is 41.0 Å². The Morgan fingerprint density at radius 2 is 2.10 bits per heavy atom. The SMILES string of the molecule is CC(C)=CCCC(C)CC(=O)NNC(=O)c1cc(C)[nH]n1. The second-order valence-electron chi connectivity index (χ2n) is 5.61. The van der Waals surface area contributed by atoms with Crippen LogP contribution in [-0.4, -0.2) is 22.0 Å². The van der Waals surface area contributed by atoms with Gasteiger partial charge in [0.25, 0.3) is 5.91 Å². The maximum atomic E-state index is 11.7. The Kier molecular flexibility index (Phi) is 6.65. The molecule has 3 N–H and O–H groups in total. The number of hydrogen-bond donors (Lipinski definition) is 3. The van der Waals surface area contributed by atoms with Crippen molar-refractivity contribution in [3.8, 4) is 0 Å². The van der Waals surface area contributed by atoms with Gasteiger partial charge in [0.05, 0.1) is 0 Å². The van der Waals surface area contributed by atoms with Crippen molar-refractivity contribution >= 4 is 11.8 Å². The summed E-state index contributed by atoms with van der Waals surface area (Å²) in [5, 5.41) is 6.49. The van der Waals surface area contributed by atoms with Crippen LogP contribution in [0.2, 0.25) is 0 Å². The smallest absolute Gasteiger partial charge is 0.282 e. The fourth-order valence-corrected chi connectivity index (χ4v) is 1.85. The van der Waals surface area contributed by atoms with Crippen LogP contribution in [0.25, 0.3) is 0 Å². The van der Waals surface area contributed by atoms with E-state index in [1.54, 1.807) is 13.0 Å². The highest BCUT2D eigenvalue weighted by Crippen LogP contribution is 2.11. The monoisotopic (exact) mass is 292 g/mol. The number of carbonyl (C=O) groups excluding carboxylic acids is 2. The minimum absolute atomic E-state index is 0.194. The first-order chi connectivity index (χ1) is 9.88. The molecule has 116 valence electrons. The highest BCUT2D eigenvalue weighted by Gasteiger charge is 2.12. The van der Waals surface area contributed by atoms with Crippen LogP contribution in [-0.2, 0) is 4.79 Å². The van der Waals surface area contributed by atoms with Gasteiger partial charge in [-0.15, -0.1) is 0 Å². The van der Waals surface area contributed by atoms with Crippen LogP contribution < -0.4 is 10.9 Å². The van der Waals surface area contributed by atoms with Crippen LogP contribution >= 0.6 is 0 Å². The number of rotatable bonds is 6. The van der Waals surface area contributed by atoms with Crippen LogP contribution in [0.15, 0.2) is 17.7 Å². The number of nitrogens with zero attached hydrogens (tertiary/aromatic N) is 1. The molecule has 6 heteroatoms. The van der Waals surface area contributed by atoms with E-state index >= 15 is 0 Å². The van der Waals surface area contributed by atoms with Gasteiger partial charge in [0.15, 0.2) is 5.69 Å². The van der Waals surface area contributed by atoms with Gasteiger partial charge in [0.2, 0.25) is 5.91 Å². The fraction of sp³-hybridized carbons (Fsp3) is 0.533. The molecule has 0 fully saturated rings. The topological polar surface area (TPSA) is 86.9 Å². The standard InChI is InChI=1S/C15H24N4O2/c1-10(2)6-5-7-11(3)8-14(20)18-19-15(21)13-9-12(4)16-17-13/h6,9,11H,5,7-8H2,1-4H3,(H,16,17)(H,18,20)(H,19,21). The number of carbonyl (C=O) groups is 2. The van der Waals surface area contributed by atoms with Crippen molar-refractivity contribution in [1.29, 1.82) is 0 Å². The lowest BCUT2D eigenvalue weighted by atomic mass is 10.0. The quantitative estimate of drug-likeness (QED) is 0.555. The molecular formula is C15H24N4O2. The van der Waals surface area contributed by atoms with Crippen molar-refractivity contribution in [1.82, 2.24) is 21.0 Å². The third-order valence-corrected chi connectivity index (χ3v) is 3.00. The molecule has 1 atom stereocenters. The Hall–Kier alpha value is -2.11. The first kappa shape index (κ1) is 16.9. The van der Waals surface area contributed by atoms with E-state index in [1.165, 1.54) is 5.57 Å². The largest absolute Gasteiger partial charge is 0.290 e. The third kappa shape index (κ3) is 6.74. The zero-order valence-corrected chi connectivity index (χ0v) is 13.1. The summed E-state index contributed by atoms with van der Waals surface area (Å²) in [6.07, 6.45) is 4.47. The number of aryl methyl sites for hydroxylation is 1. The molecule has 1 aromatic rings. The summed E-state index contributed by atoms with van der Waals surface area (Å²) in [6, 6.07) is 1.61. The number of amides is 2. The second kappa shape index (κ2) is 8.24. The molecular weight excluding hydrogens is 268 g/mol. The van der Waals surface area contributed by atoms with Gasteiger partial charge >= 0.3 is 0 Å². The molecule has 0 aromatic carbocycles. The van der Waals surface area contributed by atoms with Gasteiger partial charge < -0.3 is 0 Å². The average molecular weight is 292 g/mol. The van der Waals surface area contributed by atoms with E-state index in [0.717, 1.165) is 18.5 Å². The van der Waals surface area contributed by atoms with Crippen molar-refractivity contribution in [2.75, 3.05) is 0 Å². The molecule has 1 rings (SSSR count). The maximum Gasteiger partial charge on any atom is 0.290 e. The Balaban J connectivity index is 2.27. The van der Waals surface area contributed by atoms with Crippen LogP contribution in [0.3, 0.4) is 0 Å². The van der Waals surface area contributed by atoms with Gasteiger partial charge in [0, 0.05) is 12.1 Å². The molecule has 6 nitrogen and oxygen atoms in total. The zero-order valence-electron chi connectivity index (χ0n) is 13.1. The summed E-state index contributed by atoms with van der Waals surface area (Å²) < 4.78 is 0. The summed E-state index contributed by atoms with van der Waals surface area (Å²) in [5.41, 5.74) is 7.10. The first-order valence-corrected chi connectivity index (χ1v) is 7.13. The minimum atomic E-state index is -0.426. The summed E-state index contributed by atoms with van der Waals surface area (Å²) in [4.78, 5) is 23.4. The molecule has 0 radical (unpaired) electrons. The second-order valence-corrected chi connectivity index (χ2v) is 5.61. The van der Waals surface area contributed by atoms with Gasteiger partial charge in [-0.05, 0) is 45.6 Å². The number of nitrogens with one attached hydrogen (secondary N) is 3. The third-order valence-electron chi connectivity index (χ3n) is 3.00. The predicted molar refractivity (Wildman–Crippen MR) is 81.4 cm³/mol. The van der Waals surface area contributed by atoms with Crippen molar-refractivity contribution in [3.63, 3.8) is 0 Å². The number of hydrazine groups is 1. The molecule has 21 heavy (non-hydrogen) atoms. The van der Waals surface area contributed by atoms with Crippen molar-refractivity contribution in [3.05, 3.63) is 29.1 Å². The summed E-state index contributed by atoms with van der Waals surface area (Å²) in [7, 11) is 0. The van der Waals surface area contributed by atoms with Gasteiger partial charge in [-0.2, -0.15) is 5.10 Å². The lowest BCUT2D eigenvalue weighted by Crippen LogP contribution is -2.42. The molecule has 0 bridgehead atoms. The van der Waals surface area contributed by atoms with Crippen molar-refractivity contribution < 1.29 is 9.59 Å². The number of allylic oxidation sites excluding steroid dienone is 2. The van der Waals surface area contributed by atoms with E-state index in [4.69, 9.17) is 0 Å². The molecule has 1 unspecified atom stereocenters. The predicted octanol–water partition coefficient (Wildman–Crippen LogP) is 2.25. The highest BCUT2D eigenvalue weighted by molar-refractivity contribution is 5.93. The molecule has 0 saturated heterocycles. The van der Waals surface area contributed by atoms with E-state index in [1.807, 2.05) is 6.92 Å². The van der Waals surface area contributed by atoms with E-state index in [-0.39, 0.29) is 17.5 Å². The van der Waals surface area contributed by atoms with Crippen LogP contribution in [0.1, 0.15) is 56.2 Å². The van der Waals surface area contributed by atoms with Gasteiger partial charge in [-0.25, -0.2) is 0 Å². The van der Waals surface area contributed by atoms with Crippen LogP contribution in [0.5, 0.6) is 0 Å². The summed E-state index contributed by atoms with van der Waals surface area (Å²) in [6.45, 7) is 7.95. The summed E-state index contributed by atoms with van der Waals surface area (Å²) >= 11 is 0. The van der Waals surface area contributed by atoms with Gasteiger partial charge in [-0.3, -0.25) is 25.5 Å². The van der Waals surface area contributed by atoms with Gasteiger partial charge in [0.1, 0.15) is 0 Å². The number of aromatic amines is 1. The molecule has 0 aliphatic carbocycles. The lowest BCUT2D eigenvalue weighted by Gasteiger charge is -2.11. The molecule has 0 aliphatic heterocycles. The molecule has 0 aliphatic rings. The molecule has 1 heterocycles. The fourth-order valence-electron chi connectivity index (χ4n) is 1.85. The average Bonchev–Trinajstić information content (AvgIpc) is 2.82. The van der Waals surface area contributed by atoms with Crippen LogP contribution in [0, 0.1) is 12.8 Å². The highest BCUT2D eigenvalue weighted by atomic mass is 16.2. The Bertz CT molecular complexity index is 515. The number of aromatic nitrogens is 2. The summed E-state index contributed by atoms with van der Waals surface area (Å²) in [5.74, 6) is -0.352. The van der Waals surface area contributed by atoms with E-state index in [9.17, 15) is 9.59 Å². The number of H-pyrrole nitrogens is 1. The Morgan fingerprint density at radius 3 is 2.67 bits per heavy atom. The van der Waals surface area contributed by atoms with Crippen molar-refractivity contribution in [2.24, 2.45) is 5.92 Å². The maximum absolute atomic E-state index is 11.7. The first-order valence-electron chi connectivity index (χ1n) is 7.13. The van der Waals surface area contributed by atoms with E-state index < -0.39 is 5.91 Å². The van der Waals surface area contributed by atoms with E-state index in [0.29, 0.717) is 6.42 Å². The Morgan fingerprint density at radius 1 is 1.38 bits per heavy atom. The zero-order chi connectivity index (χ0) is 15.8. The van der Waals surface area contributed by atoms with Crippen molar-refractivity contribution in [2.45, 2.75) is 47.0 Å². The van der Waals surface area contributed by atoms with Crippen LogP contribution in [0.4, 0.5) is 0 Å². The lowest BCUT2D eigenvalue weighted by molar-refractivity contribution is -0.122. The molecule has 1 aromatic heterocycles. The molecule has 2 amide bonds. The molecule has 0 saturated carbocycles. The number of hydrogen-bond acceptors (Lipinski definition) is 3. The normalized spacial score (nSPS) is 11.6.